The molecule has 4 aromatic carbocycles. The Morgan fingerprint density at radius 1 is 0.786 bits per heavy atom. The van der Waals surface area contributed by atoms with Gasteiger partial charge in [-0.05, 0) is 95.0 Å². The molecule has 3 aromatic heterocycles. The van der Waals surface area contributed by atoms with E-state index in [0.29, 0.717) is 17.5 Å². The Morgan fingerprint density at radius 3 is 2.27 bits per heavy atom. The molecule has 3 saturated carbocycles. The van der Waals surface area contributed by atoms with Gasteiger partial charge in [-0.25, -0.2) is 0 Å². The molecule has 5 heteroatoms. The van der Waals surface area contributed by atoms with Crippen molar-refractivity contribution in [3.05, 3.63) is 139 Å². The zero-order valence-corrected chi connectivity index (χ0v) is 36.8. The van der Waals surface area contributed by atoms with Gasteiger partial charge >= 0.3 is 0 Å². The minimum Gasteiger partial charge on any atom is -0.501 e. The molecule has 10 rings (SSSR count). The van der Waals surface area contributed by atoms with Crippen LogP contribution < -0.4 is 5.19 Å². The summed E-state index contributed by atoms with van der Waals surface area (Å²) in [5.74, 6) is 1.27. The summed E-state index contributed by atoms with van der Waals surface area (Å²) in [6, 6.07) is 40.6. The minimum absolute atomic E-state index is 0. The molecule has 3 nitrogen and oxygen atoms in total. The molecule has 1 atom stereocenters. The average molecular weight is 935 g/mol. The molecule has 3 heterocycles. The van der Waals surface area contributed by atoms with Gasteiger partial charge in [0.05, 0.1) is 13.7 Å². The van der Waals surface area contributed by atoms with Crippen molar-refractivity contribution < 1.29 is 30.0 Å². The van der Waals surface area contributed by atoms with Gasteiger partial charge in [0.1, 0.15) is 5.58 Å². The van der Waals surface area contributed by atoms with E-state index in [2.05, 4.69) is 72.1 Å². The maximum absolute atomic E-state index is 9.14. The molecule has 7 aromatic rings. The van der Waals surface area contributed by atoms with E-state index >= 15 is 0 Å². The molecule has 289 valence electrons. The number of rotatable bonds is 7. The van der Waals surface area contributed by atoms with Crippen LogP contribution in [-0.4, -0.2) is 18.0 Å². The molecule has 1 radical (unpaired) electrons. The predicted octanol–water partition coefficient (Wildman–Crippen LogP) is 13.2. The van der Waals surface area contributed by atoms with Crippen LogP contribution in [-0.2, 0) is 32.9 Å². The van der Waals surface area contributed by atoms with Crippen molar-refractivity contribution in [2.45, 2.75) is 85.3 Å². The monoisotopic (exact) mass is 935 g/mol. The van der Waals surface area contributed by atoms with Crippen LogP contribution in [0.1, 0.15) is 69.5 Å². The zero-order valence-electron chi connectivity index (χ0n) is 37.4. The average Bonchev–Trinajstić information content (AvgIpc) is 3.62. The Morgan fingerprint density at radius 2 is 1.57 bits per heavy atom. The van der Waals surface area contributed by atoms with Crippen molar-refractivity contribution in [1.82, 2.24) is 9.97 Å². The van der Waals surface area contributed by atoms with Gasteiger partial charge in [0.2, 0.25) is 0 Å². The molecule has 0 spiro atoms. The molecule has 3 aliphatic rings. The molecule has 2 bridgehead atoms. The molecule has 3 aliphatic carbocycles. The number of hydrogen-bond donors (Lipinski definition) is 0. The smallest absolute Gasteiger partial charge is 0.121 e. The van der Waals surface area contributed by atoms with Crippen LogP contribution in [0.5, 0.6) is 0 Å². The fourth-order valence-electron chi connectivity index (χ4n) is 8.43. The van der Waals surface area contributed by atoms with Crippen molar-refractivity contribution in [3.63, 3.8) is 0 Å². The molecule has 0 N–H and O–H groups in total. The number of furan rings is 1. The topological polar surface area (TPSA) is 38.9 Å². The van der Waals surface area contributed by atoms with Crippen molar-refractivity contribution in [1.29, 1.82) is 0 Å². The van der Waals surface area contributed by atoms with Crippen molar-refractivity contribution in [2.24, 2.45) is 23.2 Å². The van der Waals surface area contributed by atoms with Crippen LogP contribution in [0.2, 0.25) is 19.6 Å². The van der Waals surface area contributed by atoms with E-state index in [0.717, 1.165) is 72.6 Å². The Kier molecular flexibility index (Phi) is 10.5. The number of benzene rings is 4. The van der Waals surface area contributed by atoms with E-state index < -0.39 is 26.2 Å². The number of pyridine rings is 2. The minimum atomic E-state index is -1.70. The van der Waals surface area contributed by atoms with Crippen LogP contribution >= 0.6 is 0 Å². The van der Waals surface area contributed by atoms with E-state index in [9.17, 15) is 0 Å². The standard InChI is InChI=1S/C32H28NO.C19H26NSi.Ir/c1-2-5-23(6-3-1)25-13-14-27-28-7-4-8-29(32(28)34-31(27)20-25)30-19-22(15-16-33-30)18-26-17-21-9-11-24(26)12-10-21;1-19(2,3)13-16-12-17(15-10-8-7-9-11-15)20-14-18(16)21(4,5)6;/h1-7,13-16,19-21,24,26H,9-12,17-18H2;7-10,12,14H,13H2,1-6H3;/q2*-1;/i18D2;13D2;. The summed E-state index contributed by atoms with van der Waals surface area (Å²) in [7, 11) is -1.70. The molecule has 56 heavy (non-hydrogen) atoms. The van der Waals surface area contributed by atoms with Gasteiger partial charge < -0.3 is 14.4 Å². The summed E-state index contributed by atoms with van der Waals surface area (Å²) in [4.78, 5) is 9.25. The van der Waals surface area contributed by atoms with Gasteiger partial charge in [-0.3, -0.25) is 0 Å². The van der Waals surface area contributed by atoms with E-state index in [1.807, 2.05) is 99.8 Å². The summed E-state index contributed by atoms with van der Waals surface area (Å²) in [6.07, 6.45) is 6.73. The van der Waals surface area contributed by atoms with Crippen LogP contribution in [0.15, 0.2) is 120 Å². The van der Waals surface area contributed by atoms with Crippen LogP contribution in [0.25, 0.3) is 55.6 Å². The van der Waals surface area contributed by atoms with Gasteiger partial charge in [-0.2, -0.15) is 0 Å². The first-order chi connectivity index (χ1) is 28.0. The van der Waals surface area contributed by atoms with Gasteiger partial charge in [0.15, 0.2) is 0 Å². The molecule has 3 fully saturated rings. The van der Waals surface area contributed by atoms with Gasteiger partial charge in [0, 0.05) is 43.4 Å². The van der Waals surface area contributed by atoms with E-state index in [1.54, 1.807) is 6.20 Å². The van der Waals surface area contributed by atoms with Gasteiger partial charge in [-0.15, -0.1) is 54.1 Å². The van der Waals surface area contributed by atoms with Gasteiger partial charge in [-0.1, -0.05) is 130 Å². The molecular weight excluding hydrogens is 877 g/mol. The third kappa shape index (κ3) is 9.02. The number of aromatic nitrogens is 2. The normalized spacial score (nSPS) is 19.6. The second kappa shape index (κ2) is 16.8. The first kappa shape index (κ1) is 35.0. The third-order valence-corrected chi connectivity index (χ3v) is 13.2. The fraction of sp³-hybridized carbons (Fsp3) is 0.333. The quantitative estimate of drug-likeness (QED) is 0.118. The maximum atomic E-state index is 9.14. The molecule has 0 amide bonds. The summed E-state index contributed by atoms with van der Waals surface area (Å²) < 4.78 is 42.2. The summed E-state index contributed by atoms with van der Waals surface area (Å²) in [5, 5.41) is 3.18. The Balaban J connectivity index is 0.000000198. The van der Waals surface area contributed by atoms with Crippen molar-refractivity contribution in [3.8, 4) is 33.6 Å². The van der Waals surface area contributed by atoms with Gasteiger partial charge in [0.25, 0.3) is 0 Å². The van der Waals surface area contributed by atoms with Crippen LogP contribution in [0, 0.1) is 35.3 Å². The predicted molar refractivity (Wildman–Crippen MR) is 233 cm³/mol. The summed E-state index contributed by atoms with van der Waals surface area (Å²) >= 11 is 0. The van der Waals surface area contributed by atoms with E-state index in [1.165, 1.54) is 25.7 Å². The fourth-order valence-corrected chi connectivity index (χ4v) is 9.82. The largest absolute Gasteiger partial charge is 0.501 e. The maximum Gasteiger partial charge on any atom is 0.121 e. The second-order valence-electron chi connectivity index (χ2n) is 17.5. The Labute approximate surface area is 354 Å². The molecule has 1 unspecified atom stereocenters. The Bertz CT molecular complexity index is 2590. The zero-order chi connectivity index (χ0) is 41.7. The second-order valence-corrected chi connectivity index (χ2v) is 22.5. The number of hydrogen-bond acceptors (Lipinski definition) is 3. The van der Waals surface area contributed by atoms with E-state index in [-0.39, 0.29) is 26.0 Å². The van der Waals surface area contributed by atoms with Crippen LogP contribution in [0.3, 0.4) is 0 Å². The van der Waals surface area contributed by atoms with Crippen molar-refractivity contribution >= 4 is 35.2 Å². The first-order valence-corrected chi connectivity index (χ1v) is 23.4. The van der Waals surface area contributed by atoms with Crippen molar-refractivity contribution in [2.75, 3.05) is 0 Å². The molecular formula is C51H54IrN2OSi-2. The SMILES string of the molecule is [2H]C([2H])(c1cc(-c2[c-]cccc2)ncc1[Si](C)(C)C)C(C)(C)C.[2H]C([2H])(c1ccnc(-c2[c-]ccc3c2oc2cc(-c4ccccc4)ccc23)c1)C1CC2CCC1CC2.[Ir]. The summed E-state index contributed by atoms with van der Waals surface area (Å²) in [6.45, 7) is 12.6. The first-order valence-electron chi connectivity index (χ1n) is 21.9. The molecule has 0 saturated heterocycles. The summed E-state index contributed by atoms with van der Waals surface area (Å²) in [5.41, 5.74) is 8.05. The Hall–Kier alpha value is -4.15. The number of fused-ring (bicyclic) bond motifs is 6. The molecule has 0 aliphatic heterocycles. The number of nitrogens with zero attached hydrogens (tertiary/aromatic N) is 2. The van der Waals surface area contributed by atoms with Crippen LogP contribution in [0.4, 0.5) is 0 Å². The van der Waals surface area contributed by atoms with E-state index in [4.69, 9.17) is 9.90 Å². The third-order valence-electron chi connectivity index (χ3n) is 11.2.